The molecule has 3 heteroatoms. The molecule has 0 saturated carbocycles. The topological polar surface area (TPSA) is 26.6 Å². The van der Waals surface area contributed by atoms with Crippen LogP contribution in [0.3, 0.4) is 0 Å². The number of piperazine rings is 1. The van der Waals surface area contributed by atoms with Crippen LogP contribution in [-0.2, 0) is 11.3 Å². The molecule has 0 amide bonds. The summed E-state index contributed by atoms with van der Waals surface area (Å²) in [5, 5.41) is 4.32. The molecule has 1 heterocycles. The van der Waals surface area contributed by atoms with Gasteiger partial charge in [-0.05, 0) is 5.56 Å². The van der Waals surface area contributed by atoms with Crippen molar-refractivity contribution in [2.45, 2.75) is 6.61 Å². The molecule has 16 heavy (non-hydrogen) atoms. The molecule has 0 aliphatic carbocycles. The van der Waals surface area contributed by atoms with Crippen LogP contribution in [0.5, 0.6) is 0 Å². The third kappa shape index (κ3) is 3.93. The Labute approximate surface area is 97.4 Å². The lowest BCUT2D eigenvalue weighted by Crippen LogP contribution is -2.41. The zero-order chi connectivity index (χ0) is 11.1. The molecule has 1 aliphatic heterocycles. The van der Waals surface area contributed by atoms with Crippen molar-refractivity contribution in [1.29, 1.82) is 0 Å². The van der Waals surface area contributed by atoms with E-state index in [-0.39, 0.29) is 0 Å². The molecule has 1 aromatic carbocycles. The molecule has 0 aromatic heterocycles. The van der Waals surface area contributed by atoms with Gasteiger partial charge in [0.2, 0.25) is 0 Å². The van der Waals surface area contributed by atoms with Crippen molar-refractivity contribution in [3.05, 3.63) is 35.9 Å². The molecule has 0 unspecified atom stereocenters. The molecule has 87 valence electrons. The minimum absolute atomic E-state index is 0.721. The van der Waals surface area contributed by atoms with Crippen LogP contribution >= 0.6 is 0 Å². The largest absolute Gasteiger partial charge is 0.375 e. The molecule has 3 nitrogen and oxygen atoms in total. The van der Waals surface area contributed by atoms with Crippen molar-refractivity contribution in [3.63, 3.8) is 0 Å². The average Bonchev–Trinajstić information content (AvgIpc) is 2.37. The molecule has 0 bridgehead atoms. The Morgan fingerprint density at radius 1 is 1.12 bits per heavy atom. The minimum atomic E-state index is 0.721. The van der Waals surface area contributed by atoms with E-state index in [2.05, 4.69) is 22.3 Å². The van der Waals surface area contributed by atoms with E-state index < -0.39 is 0 Å². The Morgan fingerprint density at radius 2 is 1.88 bits per heavy atom. The van der Waals surface area contributed by atoms with E-state index in [0.29, 0.717) is 0 Å². The van der Waals surface area contributed by atoms with Crippen molar-refractivity contribution in [2.75, 3.05) is 39.3 Å². The number of rotatable bonds is 5. The van der Waals surface area contributed by atoms with E-state index in [1.165, 1.54) is 5.56 Å². The Morgan fingerprint density at radius 3 is 2.62 bits per heavy atom. The summed E-state index contributed by atoms with van der Waals surface area (Å²) < 4.78 is 5.65. The van der Waals surface area contributed by atoms with Gasteiger partial charge in [0.25, 0.3) is 0 Å². The number of benzene rings is 1. The summed E-state index contributed by atoms with van der Waals surface area (Å²) >= 11 is 0. The fourth-order valence-electron chi connectivity index (χ4n) is 1.83. The van der Waals surface area contributed by atoms with E-state index in [9.17, 15) is 0 Å². The number of hydrogen-bond acceptors (Lipinski definition) is 2. The first-order chi connectivity index (χ1) is 7.95. The molecule has 0 spiro atoms. The van der Waals surface area contributed by atoms with Crippen LogP contribution in [0.2, 0.25) is 0 Å². The molecular formula is C13H19N2O. The molecule has 2 rings (SSSR count). The highest BCUT2D eigenvalue weighted by Crippen LogP contribution is 2.00. The van der Waals surface area contributed by atoms with Crippen LogP contribution in [0, 0.1) is 0 Å². The lowest BCUT2D eigenvalue weighted by atomic mass is 10.2. The Kier molecular flexibility index (Phi) is 4.80. The summed E-state index contributed by atoms with van der Waals surface area (Å²) in [6.45, 7) is 6.72. The molecule has 1 radical (unpaired) electrons. The van der Waals surface area contributed by atoms with Gasteiger partial charge in [-0.3, -0.25) is 4.90 Å². The zero-order valence-electron chi connectivity index (χ0n) is 9.64. The lowest BCUT2D eigenvalue weighted by molar-refractivity contribution is 0.0883. The van der Waals surface area contributed by atoms with Crippen LogP contribution < -0.4 is 5.32 Å². The number of ether oxygens (including phenoxy) is 1. The van der Waals surface area contributed by atoms with Gasteiger partial charge in [0.15, 0.2) is 0 Å². The summed E-state index contributed by atoms with van der Waals surface area (Å²) in [5.41, 5.74) is 1.25. The normalized spacial score (nSPS) is 17.5. The van der Waals surface area contributed by atoms with Crippen LogP contribution in [0.1, 0.15) is 5.56 Å². The highest BCUT2D eigenvalue weighted by molar-refractivity contribution is 5.13. The first-order valence-corrected chi connectivity index (χ1v) is 5.92. The van der Waals surface area contributed by atoms with Gasteiger partial charge in [-0.1, -0.05) is 30.3 Å². The summed E-state index contributed by atoms with van der Waals surface area (Å²) in [5.74, 6) is 0. The molecule has 1 aliphatic rings. The van der Waals surface area contributed by atoms with E-state index in [0.717, 1.165) is 45.9 Å². The van der Waals surface area contributed by atoms with Gasteiger partial charge in [-0.25, -0.2) is 5.32 Å². The minimum Gasteiger partial charge on any atom is -0.375 e. The molecular weight excluding hydrogens is 200 g/mol. The second-order valence-electron chi connectivity index (χ2n) is 4.05. The van der Waals surface area contributed by atoms with Crippen LogP contribution in [0.25, 0.3) is 0 Å². The molecule has 1 saturated heterocycles. The van der Waals surface area contributed by atoms with Gasteiger partial charge in [-0.15, -0.1) is 0 Å². The highest BCUT2D eigenvalue weighted by Gasteiger charge is 2.09. The smallest absolute Gasteiger partial charge is 0.0717 e. The molecule has 1 fully saturated rings. The predicted octanol–water partition coefficient (Wildman–Crippen LogP) is 1.12. The van der Waals surface area contributed by atoms with E-state index in [1.54, 1.807) is 0 Å². The highest BCUT2D eigenvalue weighted by atomic mass is 16.5. The van der Waals surface area contributed by atoms with Gasteiger partial charge in [0.1, 0.15) is 0 Å². The van der Waals surface area contributed by atoms with Crippen molar-refractivity contribution < 1.29 is 4.74 Å². The second kappa shape index (κ2) is 6.63. The van der Waals surface area contributed by atoms with Crippen LogP contribution in [0.15, 0.2) is 30.3 Å². The Bertz CT molecular complexity index is 283. The number of nitrogens with zero attached hydrogens (tertiary/aromatic N) is 2. The number of hydrogen-bond donors (Lipinski definition) is 0. The zero-order valence-corrected chi connectivity index (χ0v) is 9.64. The monoisotopic (exact) mass is 219 g/mol. The third-order valence-electron chi connectivity index (χ3n) is 2.81. The lowest BCUT2D eigenvalue weighted by Gasteiger charge is -2.25. The third-order valence-corrected chi connectivity index (χ3v) is 2.81. The van der Waals surface area contributed by atoms with E-state index in [1.807, 2.05) is 18.2 Å². The second-order valence-corrected chi connectivity index (χ2v) is 4.05. The molecule has 1 aromatic rings. The summed E-state index contributed by atoms with van der Waals surface area (Å²) in [6.07, 6.45) is 0. The van der Waals surface area contributed by atoms with Gasteiger partial charge < -0.3 is 4.74 Å². The average molecular weight is 219 g/mol. The fraction of sp³-hybridized carbons (Fsp3) is 0.538. The molecule has 0 atom stereocenters. The maximum absolute atomic E-state index is 5.65. The molecule has 0 N–H and O–H groups in total. The van der Waals surface area contributed by atoms with E-state index >= 15 is 0 Å². The Hall–Kier alpha value is -0.900. The summed E-state index contributed by atoms with van der Waals surface area (Å²) in [6, 6.07) is 10.3. The van der Waals surface area contributed by atoms with Gasteiger partial charge in [0.05, 0.1) is 13.2 Å². The van der Waals surface area contributed by atoms with Crippen LogP contribution in [0.4, 0.5) is 0 Å². The van der Waals surface area contributed by atoms with Crippen molar-refractivity contribution in [2.24, 2.45) is 0 Å². The van der Waals surface area contributed by atoms with Crippen LogP contribution in [-0.4, -0.2) is 44.2 Å². The Balaban J connectivity index is 1.58. The van der Waals surface area contributed by atoms with Crippen molar-refractivity contribution in [3.8, 4) is 0 Å². The van der Waals surface area contributed by atoms with E-state index in [4.69, 9.17) is 4.74 Å². The maximum Gasteiger partial charge on any atom is 0.0717 e. The summed E-state index contributed by atoms with van der Waals surface area (Å²) in [7, 11) is 0. The standard InChI is InChI=1S/C13H19N2O/c1-2-4-13(5-3-1)12-16-11-10-15-8-6-14-7-9-15/h1-5H,6-12H2. The van der Waals surface area contributed by atoms with Gasteiger partial charge in [-0.2, -0.15) is 0 Å². The first kappa shape index (κ1) is 11.6. The SMILES string of the molecule is c1ccc(COCCN2CC[N]CC2)cc1. The van der Waals surface area contributed by atoms with Gasteiger partial charge >= 0.3 is 0 Å². The quantitative estimate of drug-likeness (QED) is 0.694. The van der Waals surface area contributed by atoms with Crippen molar-refractivity contribution in [1.82, 2.24) is 10.2 Å². The summed E-state index contributed by atoms with van der Waals surface area (Å²) in [4.78, 5) is 2.41. The first-order valence-electron chi connectivity index (χ1n) is 5.92. The predicted molar refractivity (Wildman–Crippen MR) is 64.4 cm³/mol. The maximum atomic E-state index is 5.65. The fourth-order valence-corrected chi connectivity index (χ4v) is 1.83. The van der Waals surface area contributed by atoms with Crippen molar-refractivity contribution >= 4 is 0 Å². The van der Waals surface area contributed by atoms with Gasteiger partial charge in [0, 0.05) is 32.7 Å².